The number of rotatable bonds is 1. The highest BCUT2D eigenvalue weighted by Crippen LogP contribution is 2.26. The maximum atomic E-state index is 4.45. The third kappa shape index (κ3) is 1.80. The lowest BCUT2D eigenvalue weighted by Crippen LogP contribution is -1.94. The first-order chi connectivity index (χ1) is 8.42. The van der Waals surface area contributed by atoms with E-state index in [1.807, 2.05) is 26.1 Å². The molecule has 2 nitrogen and oxygen atoms in total. The molecule has 0 aliphatic carbocycles. The van der Waals surface area contributed by atoms with Crippen LogP contribution in [0.1, 0.15) is 20.8 Å². The number of aromatic nitrogens is 2. The monoisotopic (exact) mass is 226 g/mol. The van der Waals surface area contributed by atoms with Gasteiger partial charge < -0.3 is 4.57 Å². The summed E-state index contributed by atoms with van der Waals surface area (Å²) in [5.41, 5.74) is 2.36. The van der Waals surface area contributed by atoms with E-state index in [2.05, 4.69) is 46.8 Å². The van der Waals surface area contributed by atoms with Crippen molar-refractivity contribution in [2.24, 2.45) is 0 Å². The molecule has 88 valence electrons. The molecule has 2 aromatic heterocycles. The highest BCUT2D eigenvalue weighted by atomic mass is 15.0. The van der Waals surface area contributed by atoms with Gasteiger partial charge >= 0.3 is 0 Å². The van der Waals surface area contributed by atoms with E-state index in [-0.39, 0.29) is 0 Å². The summed E-state index contributed by atoms with van der Waals surface area (Å²) in [5.74, 6) is 0. The maximum Gasteiger partial charge on any atom is 0.140 e. The van der Waals surface area contributed by atoms with Crippen LogP contribution in [0.2, 0.25) is 0 Å². The van der Waals surface area contributed by atoms with E-state index in [1.54, 1.807) is 0 Å². The molecule has 0 spiro atoms. The molecule has 3 aromatic rings. The number of aryl methyl sites for hydroxylation is 1. The van der Waals surface area contributed by atoms with E-state index in [0.29, 0.717) is 0 Å². The second kappa shape index (κ2) is 5.00. The summed E-state index contributed by atoms with van der Waals surface area (Å²) < 4.78 is 2.25. The van der Waals surface area contributed by atoms with E-state index in [4.69, 9.17) is 0 Å². The fourth-order valence-electron chi connectivity index (χ4n) is 2.19. The Balaban J connectivity index is 0.000000514. The predicted molar refractivity (Wildman–Crippen MR) is 74.3 cm³/mol. The summed E-state index contributed by atoms with van der Waals surface area (Å²) >= 11 is 0. The Morgan fingerprint density at radius 1 is 1.00 bits per heavy atom. The van der Waals surface area contributed by atoms with E-state index < -0.39 is 0 Å². The Hall–Kier alpha value is -1.83. The number of nitrogens with zero attached hydrogens (tertiary/aromatic N) is 2. The smallest absolute Gasteiger partial charge is 0.140 e. The Morgan fingerprint density at radius 2 is 1.71 bits per heavy atom. The minimum absolute atomic E-state index is 0.959. The molecule has 0 radical (unpaired) electrons. The fraction of sp³-hybridized carbons (Fsp3) is 0.267. The van der Waals surface area contributed by atoms with E-state index in [9.17, 15) is 0 Å². The van der Waals surface area contributed by atoms with Crippen LogP contribution in [0, 0.1) is 0 Å². The van der Waals surface area contributed by atoms with Gasteiger partial charge in [0.05, 0.1) is 5.52 Å². The number of fused-ring (bicyclic) bond motifs is 3. The summed E-state index contributed by atoms with van der Waals surface area (Å²) in [6, 6.07) is 12.6. The first-order valence-electron chi connectivity index (χ1n) is 6.24. The van der Waals surface area contributed by atoms with E-state index in [1.165, 1.54) is 16.3 Å². The lowest BCUT2D eigenvalue weighted by atomic mass is 10.2. The van der Waals surface area contributed by atoms with Crippen molar-refractivity contribution in [2.45, 2.75) is 27.3 Å². The topological polar surface area (TPSA) is 17.8 Å². The second-order valence-corrected chi connectivity index (χ2v) is 3.64. The van der Waals surface area contributed by atoms with E-state index >= 15 is 0 Å². The molecule has 0 unspecified atom stereocenters. The molecule has 0 saturated carbocycles. The van der Waals surface area contributed by atoms with Gasteiger partial charge in [0.1, 0.15) is 5.65 Å². The Labute approximate surface area is 102 Å². The van der Waals surface area contributed by atoms with Gasteiger partial charge in [-0.2, -0.15) is 0 Å². The number of para-hydroxylation sites is 1. The van der Waals surface area contributed by atoms with Gasteiger partial charge in [-0.1, -0.05) is 32.0 Å². The molecule has 0 atom stereocenters. The molecule has 0 N–H and O–H groups in total. The molecule has 2 heteroatoms. The minimum atomic E-state index is 0.959. The minimum Gasteiger partial charge on any atom is -0.326 e. The largest absolute Gasteiger partial charge is 0.326 e. The molecule has 0 bridgehead atoms. The summed E-state index contributed by atoms with van der Waals surface area (Å²) in [6.45, 7) is 7.11. The van der Waals surface area contributed by atoms with Crippen LogP contribution in [0.3, 0.4) is 0 Å². The first-order valence-corrected chi connectivity index (χ1v) is 6.24. The molecular formula is C15H18N2. The first kappa shape index (κ1) is 11.6. The highest BCUT2D eigenvalue weighted by molar-refractivity contribution is 6.06. The molecule has 0 fully saturated rings. The Morgan fingerprint density at radius 3 is 2.47 bits per heavy atom. The third-order valence-corrected chi connectivity index (χ3v) is 2.84. The van der Waals surface area contributed by atoms with E-state index in [0.717, 1.165) is 12.2 Å². The standard InChI is InChI=1S/C13H12N2.C2H6/c1-2-15-12-8-4-3-6-10(12)11-7-5-9-14-13(11)15;1-2/h3-9H,2H2,1H3;1-2H3. The van der Waals surface area contributed by atoms with Crippen LogP contribution < -0.4 is 0 Å². The van der Waals surface area contributed by atoms with Crippen molar-refractivity contribution in [1.29, 1.82) is 0 Å². The lowest BCUT2D eigenvalue weighted by Gasteiger charge is -2.00. The molecule has 1 aromatic carbocycles. The number of hydrogen-bond donors (Lipinski definition) is 0. The molecular weight excluding hydrogens is 208 g/mol. The van der Waals surface area contributed by atoms with Crippen molar-refractivity contribution in [3.8, 4) is 0 Å². The van der Waals surface area contributed by atoms with Crippen LogP contribution in [0.15, 0.2) is 42.6 Å². The summed E-state index contributed by atoms with van der Waals surface area (Å²) in [6.07, 6.45) is 1.85. The lowest BCUT2D eigenvalue weighted by molar-refractivity contribution is 0.816. The van der Waals surface area contributed by atoms with Crippen molar-refractivity contribution in [2.75, 3.05) is 0 Å². The average Bonchev–Trinajstić information content (AvgIpc) is 2.75. The normalized spacial score (nSPS) is 10.3. The molecule has 0 saturated heterocycles. The average molecular weight is 226 g/mol. The summed E-state index contributed by atoms with van der Waals surface area (Å²) in [4.78, 5) is 4.45. The van der Waals surface area contributed by atoms with Crippen molar-refractivity contribution < 1.29 is 0 Å². The number of pyridine rings is 1. The maximum absolute atomic E-state index is 4.45. The zero-order chi connectivity index (χ0) is 12.3. The number of benzene rings is 1. The quantitative estimate of drug-likeness (QED) is 0.607. The Bertz CT molecular complexity index is 570. The molecule has 0 aliphatic rings. The molecule has 17 heavy (non-hydrogen) atoms. The van der Waals surface area contributed by atoms with Crippen molar-refractivity contribution in [3.63, 3.8) is 0 Å². The van der Waals surface area contributed by atoms with Gasteiger partial charge in [0.25, 0.3) is 0 Å². The van der Waals surface area contributed by atoms with Gasteiger partial charge in [-0.25, -0.2) is 4.98 Å². The third-order valence-electron chi connectivity index (χ3n) is 2.84. The van der Waals surface area contributed by atoms with Gasteiger partial charge in [0.2, 0.25) is 0 Å². The SMILES string of the molecule is CC.CCn1c2ccccc2c2cccnc21. The summed E-state index contributed by atoms with van der Waals surface area (Å²) in [7, 11) is 0. The second-order valence-electron chi connectivity index (χ2n) is 3.64. The van der Waals surface area contributed by atoms with Crippen LogP contribution in [0.25, 0.3) is 21.9 Å². The highest BCUT2D eigenvalue weighted by Gasteiger charge is 2.08. The van der Waals surface area contributed by atoms with Gasteiger partial charge in [-0.05, 0) is 25.1 Å². The van der Waals surface area contributed by atoms with Gasteiger partial charge in [-0.3, -0.25) is 0 Å². The summed E-state index contributed by atoms with van der Waals surface area (Å²) in [5, 5.41) is 2.54. The molecule has 0 aliphatic heterocycles. The molecule has 3 rings (SSSR count). The zero-order valence-corrected chi connectivity index (χ0v) is 10.6. The number of hydrogen-bond acceptors (Lipinski definition) is 1. The fourth-order valence-corrected chi connectivity index (χ4v) is 2.19. The van der Waals surface area contributed by atoms with Crippen molar-refractivity contribution in [1.82, 2.24) is 9.55 Å². The van der Waals surface area contributed by atoms with Crippen LogP contribution in [-0.2, 0) is 6.54 Å². The Kier molecular flexibility index (Phi) is 3.43. The van der Waals surface area contributed by atoms with Gasteiger partial charge in [-0.15, -0.1) is 0 Å². The van der Waals surface area contributed by atoms with Crippen molar-refractivity contribution >= 4 is 21.9 Å². The van der Waals surface area contributed by atoms with Crippen LogP contribution in [0.4, 0.5) is 0 Å². The zero-order valence-electron chi connectivity index (χ0n) is 10.6. The van der Waals surface area contributed by atoms with Crippen molar-refractivity contribution in [3.05, 3.63) is 42.6 Å². The van der Waals surface area contributed by atoms with Crippen LogP contribution >= 0.6 is 0 Å². The van der Waals surface area contributed by atoms with Gasteiger partial charge in [0.15, 0.2) is 0 Å². The van der Waals surface area contributed by atoms with Crippen LogP contribution in [-0.4, -0.2) is 9.55 Å². The molecule has 2 heterocycles. The predicted octanol–water partition coefficient (Wildman–Crippen LogP) is 4.24. The van der Waals surface area contributed by atoms with Gasteiger partial charge in [0, 0.05) is 23.5 Å². The van der Waals surface area contributed by atoms with Crippen LogP contribution in [0.5, 0.6) is 0 Å². The molecule has 0 amide bonds.